The van der Waals surface area contributed by atoms with Crippen molar-refractivity contribution in [3.8, 4) is 5.75 Å². The van der Waals surface area contributed by atoms with Gasteiger partial charge in [-0.2, -0.15) is 0 Å². The second-order valence-corrected chi connectivity index (χ2v) is 4.00. The first-order valence-electron chi connectivity index (χ1n) is 5.97. The lowest BCUT2D eigenvalue weighted by Gasteiger charge is -2.13. The third kappa shape index (κ3) is 5.17. The normalized spacial score (nSPS) is 12.4. The van der Waals surface area contributed by atoms with Crippen LogP contribution < -0.4 is 10.5 Å². The third-order valence-corrected chi connectivity index (χ3v) is 2.51. The smallest absolute Gasteiger partial charge is 0.122 e. The van der Waals surface area contributed by atoms with Gasteiger partial charge in [-0.25, -0.2) is 0 Å². The van der Waals surface area contributed by atoms with Crippen molar-refractivity contribution >= 4 is 0 Å². The summed E-state index contributed by atoms with van der Waals surface area (Å²) in [5, 5.41) is 17.9. The van der Waals surface area contributed by atoms with Gasteiger partial charge in [-0.15, -0.1) is 0 Å². The van der Waals surface area contributed by atoms with Crippen LogP contribution in [0.15, 0.2) is 24.3 Å². The Morgan fingerprint density at radius 3 is 2.71 bits per heavy atom. The molecule has 4 heteroatoms. The fourth-order valence-corrected chi connectivity index (χ4v) is 1.55. The minimum atomic E-state index is -0.827. The summed E-state index contributed by atoms with van der Waals surface area (Å²) in [4.78, 5) is 0. The molecular formula is C13H21NO3. The predicted molar refractivity (Wildman–Crippen MR) is 67.0 cm³/mol. The van der Waals surface area contributed by atoms with E-state index in [1.807, 2.05) is 24.3 Å². The molecule has 1 aromatic carbocycles. The molecule has 0 aliphatic carbocycles. The van der Waals surface area contributed by atoms with E-state index in [-0.39, 0.29) is 13.2 Å². The molecule has 0 aliphatic heterocycles. The molecule has 1 aromatic rings. The summed E-state index contributed by atoms with van der Waals surface area (Å²) in [6.45, 7) is 0.534. The summed E-state index contributed by atoms with van der Waals surface area (Å²) in [7, 11) is 0. The molecule has 0 unspecified atom stereocenters. The molecule has 0 heterocycles. The predicted octanol–water partition coefficient (Wildman–Crippen LogP) is 0.700. The van der Waals surface area contributed by atoms with Crippen LogP contribution in [0.3, 0.4) is 0 Å². The van der Waals surface area contributed by atoms with Gasteiger partial charge in [0, 0.05) is 0 Å². The molecule has 96 valence electrons. The number of ether oxygens (including phenoxy) is 1. The van der Waals surface area contributed by atoms with E-state index in [2.05, 4.69) is 0 Å². The lowest BCUT2D eigenvalue weighted by Crippen LogP contribution is -2.21. The van der Waals surface area contributed by atoms with Crippen LogP contribution in [0.5, 0.6) is 5.75 Å². The van der Waals surface area contributed by atoms with Crippen LogP contribution in [0, 0.1) is 0 Å². The zero-order chi connectivity index (χ0) is 12.5. The first kappa shape index (κ1) is 14.0. The van der Waals surface area contributed by atoms with Gasteiger partial charge in [-0.05, 0) is 37.4 Å². The van der Waals surface area contributed by atoms with E-state index in [1.54, 1.807) is 0 Å². The van der Waals surface area contributed by atoms with Crippen LogP contribution in [0.25, 0.3) is 0 Å². The Bertz CT molecular complexity index is 317. The van der Waals surface area contributed by atoms with E-state index in [9.17, 15) is 5.11 Å². The van der Waals surface area contributed by atoms with E-state index >= 15 is 0 Å². The van der Waals surface area contributed by atoms with Crippen molar-refractivity contribution in [1.29, 1.82) is 0 Å². The van der Waals surface area contributed by atoms with Gasteiger partial charge in [-0.3, -0.25) is 0 Å². The zero-order valence-electron chi connectivity index (χ0n) is 10.0. The first-order valence-corrected chi connectivity index (χ1v) is 5.97. The molecule has 0 fully saturated rings. The van der Waals surface area contributed by atoms with E-state index in [4.69, 9.17) is 15.6 Å². The molecule has 4 nitrogen and oxygen atoms in total. The number of hydrogen-bond donors (Lipinski definition) is 3. The molecule has 4 N–H and O–H groups in total. The number of nitrogens with two attached hydrogens (primary N) is 1. The summed E-state index contributed by atoms with van der Waals surface area (Å²) in [5.41, 5.74) is 6.57. The molecule has 0 saturated heterocycles. The van der Waals surface area contributed by atoms with Crippen molar-refractivity contribution in [1.82, 2.24) is 0 Å². The van der Waals surface area contributed by atoms with Crippen LogP contribution in [0.4, 0.5) is 0 Å². The van der Waals surface area contributed by atoms with Gasteiger partial charge in [0.05, 0.1) is 6.61 Å². The highest BCUT2D eigenvalue weighted by Gasteiger charge is 2.06. The lowest BCUT2D eigenvalue weighted by molar-refractivity contribution is 0.0533. The Kier molecular flexibility index (Phi) is 6.62. The number of aryl methyl sites for hydroxylation is 1. The zero-order valence-corrected chi connectivity index (χ0v) is 10.0. The van der Waals surface area contributed by atoms with Crippen molar-refractivity contribution in [2.24, 2.45) is 5.73 Å². The van der Waals surface area contributed by atoms with Crippen LogP contribution in [-0.2, 0) is 6.42 Å². The molecule has 1 atom stereocenters. The van der Waals surface area contributed by atoms with Crippen molar-refractivity contribution in [3.63, 3.8) is 0 Å². The Hall–Kier alpha value is -1.10. The molecule has 0 saturated carbocycles. The van der Waals surface area contributed by atoms with Crippen molar-refractivity contribution in [3.05, 3.63) is 29.8 Å². The van der Waals surface area contributed by atoms with E-state index in [0.717, 1.165) is 30.6 Å². The maximum atomic E-state index is 9.23. The van der Waals surface area contributed by atoms with Crippen molar-refractivity contribution in [2.75, 3.05) is 19.8 Å². The van der Waals surface area contributed by atoms with Crippen molar-refractivity contribution in [2.45, 2.75) is 25.4 Å². The second-order valence-electron chi connectivity index (χ2n) is 4.00. The minimum absolute atomic E-state index is 0.115. The van der Waals surface area contributed by atoms with Crippen LogP contribution >= 0.6 is 0 Å². The van der Waals surface area contributed by atoms with Crippen LogP contribution in [0.1, 0.15) is 18.4 Å². The molecule has 0 amide bonds. The number of para-hydroxylation sites is 1. The second kappa shape index (κ2) is 8.06. The first-order chi connectivity index (χ1) is 8.27. The molecule has 0 aromatic heterocycles. The fraction of sp³-hybridized carbons (Fsp3) is 0.538. The molecule has 17 heavy (non-hydrogen) atoms. The van der Waals surface area contributed by atoms with Gasteiger partial charge in [0.25, 0.3) is 0 Å². The minimum Gasteiger partial charge on any atom is -0.491 e. The van der Waals surface area contributed by atoms with Crippen LogP contribution in [0.2, 0.25) is 0 Å². The monoisotopic (exact) mass is 239 g/mol. The number of aliphatic hydroxyl groups excluding tert-OH is 2. The largest absolute Gasteiger partial charge is 0.491 e. The standard InChI is InChI=1S/C13H21NO3/c14-8-4-3-6-11-5-1-2-7-13(11)17-10-12(16)9-15/h1-2,5,7,12,15-16H,3-4,6,8-10,14H2/t12-/m0/s1. The summed E-state index contributed by atoms with van der Waals surface area (Å²) in [6.07, 6.45) is 2.11. The SMILES string of the molecule is NCCCCc1ccccc1OC[C@@H](O)CO. The van der Waals surface area contributed by atoms with Crippen molar-refractivity contribution < 1.29 is 14.9 Å². The van der Waals surface area contributed by atoms with E-state index < -0.39 is 6.10 Å². The highest BCUT2D eigenvalue weighted by Crippen LogP contribution is 2.20. The Morgan fingerprint density at radius 1 is 1.24 bits per heavy atom. The summed E-state index contributed by atoms with van der Waals surface area (Å²) < 4.78 is 5.48. The maximum Gasteiger partial charge on any atom is 0.122 e. The summed E-state index contributed by atoms with van der Waals surface area (Å²) in [6, 6.07) is 7.75. The lowest BCUT2D eigenvalue weighted by atomic mass is 10.1. The number of benzene rings is 1. The summed E-state index contributed by atoms with van der Waals surface area (Å²) >= 11 is 0. The molecule has 0 bridgehead atoms. The number of aliphatic hydroxyl groups is 2. The fourth-order valence-electron chi connectivity index (χ4n) is 1.55. The van der Waals surface area contributed by atoms with E-state index in [0.29, 0.717) is 6.54 Å². The number of hydrogen-bond acceptors (Lipinski definition) is 4. The van der Waals surface area contributed by atoms with Gasteiger partial charge >= 0.3 is 0 Å². The Morgan fingerprint density at radius 2 is 2.00 bits per heavy atom. The molecule has 0 radical (unpaired) electrons. The van der Waals surface area contributed by atoms with E-state index in [1.165, 1.54) is 0 Å². The van der Waals surface area contributed by atoms with Gasteiger partial charge in [0.1, 0.15) is 18.5 Å². The summed E-state index contributed by atoms with van der Waals surface area (Å²) in [5.74, 6) is 0.775. The third-order valence-electron chi connectivity index (χ3n) is 2.51. The van der Waals surface area contributed by atoms with Gasteiger partial charge in [0.15, 0.2) is 0 Å². The van der Waals surface area contributed by atoms with Gasteiger partial charge < -0.3 is 20.7 Å². The average Bonchev–Trinajstić information content (AvgIpc) is 2.37. The topological polar surface area (TPSA) is 75.7 Å². The highest BCUT2D eigenvalue weighted by atomic mass is 16.5. The average molecular weight is 239 g/mol. The molecule has 0 aliphatic rings. The van der Waals surface area contributed by atoms with Crippen LogP contribution in [-0.4, -0.2) is 36.1 Å². The number of unbranched alkanes of at least 4 members (excludes halogenated alkanes) is 1. The molecular weight excluding hydrogens is 218 g/mol. The Labute approximate surface area is 102 Å². The molecule has 1 rings (SSSR count). The molecule has 0 spiro atoms. The quantitative estimate of drug-likeness (QED) is 0.584. The highest BCUT2D eigenvalue weighted by molar-refractivity contribution is 5.33. The Balaban J connectivity index is 2.51. The van der Waals surface area contributed by atoms with Gasteiger partial charge in [0.2, 0.25) is 0 Å². The number of rotatable bonds is 8. The van der Waals surface area contributed by atoms with Gasteiger partial charge in [-0.1, -0.05) is 18.2 Å². The maximum absolute atomic E-state index is 9.23.